The first-order valence-electron chi connectivity index (χ1n) is 11.9. The minimum absolute atomic E-state index is 0.0357. The quantitative estimate of drug-likeness (QED) is 0.197. The van der Waals surface area contributed by atoms with E-state index in [0.29, 0.717) is 27.6 Å². The summed E-state index contributed by atoms with van der Waals surface area (Å²) in [6, 6.07) is 13.5. The van der Waals surface area contributed by atoms with Crippen molar-refractivity contribution in [1.82, 2.24) is 4.90 Å². The van der Waals surface area contributed by atoms with Crippen molar-refractivity contribution in [3.8, 4) is 23.0 Å². The smallest absolute Gasteiger partial charge is 0.293 e. The fourth-order valence-corrected chi connectivity index (χ4v) is 5.02. The topological polar surface area (TPSA) is 147 Å². The van der Waals surface area contributed by atoms with Gasteiger partial charge in [0.1, 0.15) is 0 Å². The molecule has 1 N–H and O–H groups in total. The number of anilines is 1. The van der Waals surface area contributed by atoms with Crippen molar-refractivity contribution in [2.45, 2.75) is 6.54 Å². The largest absolute Gasteiger partial charge is 0.493 e. The molecule has 0 bridgehead atoms. The number of carbonyl (C=O) groups is 3. The maximum atomic E-state index is 13.1. The van der Waals surface area contributed by atoms with Gasteiger partial charge < -0.3 is 24.3 Å². The Labute approximate surface area is 241 Å². The van der Waals surface area contributed by atoms with E-state index in [4.69, 9.17) is 30.5 Å². The number of nitro benzene ring substituents is 1. The highest BCUT2D eigenvalue weighted by atomic mass is 35.5. The molecule has 210 valence electrons. The molecular formula is C27H20ClN3O9S. The summed E-state index contributed by atoms with van der Waals surface area (Å²) in [7, 11) is 1.41. The maximum absolute atomic E-state index is 13.1. The number of halogens is 1. The molecule has 14 heteroatoms. The highest BCUT2D eigenvalue weighted by Gasteiger charge is 2.36. The number of non-ortho nitro benzene ring substituents is 1. The molecule has 5 rings (SSSR count). The molecule has 2 heterocycles. The van der Waals surface area contributed by atoms with Crippen LogP contribution in [0.25, 0.3) is 6.08 Å². The molecule has 2 aliphatic heterocycles. The lowest BCUT2D eigenvalue weighted by Gasteiger charge is -2.14. The number of nitrogens with zero attached hydrogens (tertiary/aromatic N) is 2. The summed E-state index contributed by atoms with van der Waals surface area (Å²) >= 11 is 7.11. The molecule has 0 unspecified atom stereocenters. The number of hydrogen-bond acceptors (Lipinski definition) is 10. The van der Waals surface area contributed by atoms with E-state index in [2.05, 4.69) is 5.32 Å². The molecule has 0 aromatic heterocycles. The van der Waals surface area contributed by atoms with Gasteiger partial charge in [-0.05, 0) is 53.2 Å². The van der Waals surface area contributed by atoms with Gasteiger partial charge in [-0.15, -0.1) is 0 Å². The molecule has 2 aliphatic rings. The monoisotopic (exact) mass is 597 g/mol. The minimum atomic E-state index is -0.562. The highest BCUT2D eigenvalue weighted by Crippen LogP contribution is 2.40. The second-order valence-electron chi connectivity index (χ2n) is 8.62. The molecule has 3 amide bonds. The number of methoxy groups -OCH3 is 1. The molecule has 1 fully saturated rings. The van der Waals surface area contributed by atoms with Crippen molar-refractivity contribution >= 4 is 57.9 Å². The van der Waals surface area contributed by atoms with Crippen molar-refractivity contribution in [1.29, 1.82) is 0 Å². The lowest BCUT2D eigenvalue weighted by Crippen LogP contribution is -2.27. The van der Waals surface area contributed by atoms with Gasteiger partial charge in [0.25, 0.3) is 22.7 Å². The molecule has 0 saturated carbocycles. The fourth-order valence-electron chi connectivity index (χ4n) is 3.97. The zero-order valence-corrected chi connectivity index (χ0v) is 22.8. The van der Waals surface area contributed by atoms with E-state index in [1.807, 2.05) is 0 Å². The Bertz CT molecular complexity index is 1610. The summed E-state index contributed by atoms with van der Waals surface area (Å²) in [5, 5.41) is 13.4. The number of nitrogens with one attached hydrogen (secondary N) is 1. The second-order valence-corrected chi connectivity index (χ2v) is 10.0. The second kappa shape index (κ2) is 11.8. The third kappa shape index (κ3) is 6.21. The van der Waals surface area contributed by atoms with Crippen LogP contribution in [0, 0.1) is 10.1 Å². The molecule has 0 atom stereocenters. The lowest BCUT2D eigenvalue weighted by atomic mass is 10.1. The first kappa shape index (κ1) is 27.8. The average Bonchev–Trinajstić information content (AvgIpc) is 3.51. The third-order valence-corrected chi connectivity index (χ3v) is 7.19. The molecule has 1 saturated heterocycles. The normalized spacial score (nSPS) is 14.9. The van der Waals surface area contributed by atoms with E-state index in [9.17, 15) is 24.5 Å². The van der Waals surface area contributed by atoms with E-state index < -0.39 is 22.0 Å². The van der Waals surface area contributed by atoms with Gasteiger partial charge in [0.2, 0.25) is 6.79 Å². The molecule has 0 aliphatic carbocycles. The van der Waals surface area contributed by atoms with E-state index >= 15 is 0 Å². The summed E-state index contributed by atoms with van der Waals surface area (Å²) in [6.07, 6.45) is 1.55. The number of ether oxygens (including phenoxy) is 4. The van der Waals surface area contributed by atoms with Gasteiger partial charge in [0.15, 0.2) is 29.6 Å². The Hall–Kier alpha value is -4.75. The Balaban J connectivity index is 1.24. The van der Waals surface area contributed by atoms with Gasteiger partial charge in [0.05, 0.1) is 23.5 Å². The van der Waals surface area contributed by atoms with Crippen LogP contribution in [0.5, 0.6) is 23.0 Å². The molecule has 0 radical (unpaired) electrons. The van der Waals surface area contributed by atoms with Crippen LogP contribution in [0.2, 0.25) is 5.02 Å². The van der Waals surface area contributed by atoms with Crippen LogP contribution in [-0.4, -0.2) is 47.4 Å². The number of imide groups is 1. The average molecular weight is 598 g/mol. The van der Waals surface area contributed by atoms with E-state index in [1.165, 1.54) is 31.4 Å². The zero-order chi connectivity index (χ0) is 29.1. The fraction of sp³-hybridized carbons (Fsp3) is 0.148. The first-order chi connectivity index (χ1) is 19.7. The lowest BCUT2D eigenvalue weighted by molar-refractivity contribution is -0.384. The first-order valence-corrected chi connectivity index (χ1v) is 13.1. The van der Waals surface area contributed by atoms with Crippen LogP contribution in [0.3, 0.4) is 0 Å². The van der Waals surface area contributed by atoms with Gasteiger partial charge in [0, 0.05) is 28.9 Å². The van der Waals surface area contributed by atoms with Crippen LogP contribution >= 0.6 is 23.4 Å². The minimum Gasteiger partial charge on any atom is -0.493 e. The van der Waals surface area contributed by atoms with E-state index in [0.717, 1.165) is 16.7 Å². The number of hydrogen-bond donors (Lipinski definition) is 1. The van der Waals surface area contributed by atoms with Gasteiger partial charge >= 0.3 is 0 Å². The number of thioether (sulfide) groups is 1. The number of carbonyl (C=O) groups excluding carboxylic acids is 3. The van der Waals surface area contributed by atoms with Crippen LogP contribution in [0.1, 0.15) is 11.1 Å². The molecule has 0 spiro atoms. The van der Waals surface area contributed by atoms with Gasteiger partial charge in [-0.3, -0.25) is 29.4 Å². The predicted molar refractivity (Wildman–Crippen MR) is 149 cm³/mol. The maximum Gasteiger partial charge on any atom is 0.293 e. The van der Waals surface area contributed by atoms with Crippen molar-refractivity contribution in [3.05, 3.63) is 85.8 Å². The number of rotatable bonds is 9. The summed E-state index contributed by atoms with van der Waals surface area (Å²) < 4.78 is 21.6. The van der Waals surface area contributed by atoms with Crippen LogP contribution in [-0.2, 0) is 16.1 Å². The molecule has 41 heavy (non-hydrogen) atoms. The van der Waals surface area contributed by atoms with Crippen molar-refractivity contribution in [2.24, 2.45) is 0 Å². The van der Waals surface area contributed by atoms with Gasteiger partial charge in [-0.2, -0.15) is 0 Å². The summed E-state index contributed by atoms with van der Waals surface area (Å²) in [4.78, 5) is 49.7. The number of fused-ring (bicyclic) bond motifs is 1. The molecule has 3 aromatic rings. The highest BCUT2D eigenvalue weighted by molar-refractivity contribution is 8.18. The molecule has 3 aromatic carbocycles. The van der Waals surface area contributed by atoms with Crippen molar-refractivity contribution in [2.75, 3.05) is 25.8 Å². The van der Waals surface area contributed by atoms with E-state index in [1.54, 1.807) is 36.4 Å². The third-order valence-electron chi connectivity index (χ3n) is 5.93. The van der Waals surface area contributed by atoms with E-state index in [-0.39, 0.29) is 47.7 Å². The van der Waals surface area contributed by atoms with Crippen LogP contribution < -0.4 is 24.3 Å². The zero-order valence-electron chi connectivity index (χ0n) is 21.2. The van der Waals surface area contributed by atoms with Crippen LogP contribution in [0.4, 0.5) is 16.2 Å². The summed E-state index contributed by atoms with van der Waals surface area (Å²) in [5.41, 5.74) is 1.19. The summed E-state index contributed by atoms with van der Waals surface area (Å²) in [6.45, 7) is -0.355. The number of amides is 3. The van der Waals surface area contributed by atoms with Gasteiger partial charge in [-0.25, -0.2) is 0 Å². The number of nitro groups is 1. The SMILES string of the molecule is COc1cc(/C=C2\SC(=O)N(Cc3cc4c(cc3Cl)OCO4)C2=O)ccc1OCC(=O)Nc1cccc([N+](=O)[O-])c1. The Morgan fingerprint density at radius 2 is 1.93 bits per heavy atom. The Morgan fingerprint density at radius 1 is 1.15 bits per heavy atom. The van der Waals surface area contributed by atoms with Crippen LogP contribution in [0.15, 0.2) is 59.5 Å². The molecular weight excluding hydrogens is 578 g/mol. The van der Waals surface area contributed by atoms with Crippen molar-refractivity contribution < 1.29 is 38.3 Å². The van der Waals surface area contributed by atoms with Crippen molar-refractivity contribution in [3.63, 3.8) is 0 Å². The predicted octanol–water partition coefficient (Wildman–Crippen LogP) is 5.24. The standard InChI is InChI=1S/C27H20ClN3O9S/c1-37-21-7-15(5-6-20(21)38-13-25(32)29-17-3-2-4-18(10-17)31(35)36)8-24-26(33)30(27(34)41-24)12-16-9-22-23(11-19(16)28)40-14-39-22/h2-11H,12-14H2,1H3,(H,29,32)/b24-8-. The Kier molecular flexibility index (Phi) is 7.99. The summed E-state index contributed by atoms with van der Waals surface area (Å²) in [5.74, 6) is 0.511. The van der Waals surface area contributed by atoms with Gasteiger partial charge in [-0.1, -0.05) is 23.7 Å². The Morgan fingerprint density at radius 3 is 2.68 bits per heavy atom. The number of benzene rings is 3. The molecule has 12 nitrogen and oxygen atoms in total.